The number of thiazole rings is 1. The van der Waals surface area contributed by atoms with Gasteiger partial charge in [-0.15, -0.1) is 11.3 Å². The molecule has 1 saturated heterocycles. The Balaban J connectivity index is 1.91. The van der Waals surface area contributed by atoms with Gasteiger partial charge in [-0.3, -0.25) is 9.59 Å². The Hall–Kier alpha value is -1.43. The minimum Gasteiger partial charge on any atom is -0.345 e. The van der Waals surface area contributed by atoms with Crippen molar-refractivity contribution in [3.05, 3.63) is 16.6 Å². The summed E-state index contributed by atoms with van der Waals surface area (Å²) in [5.41, 5.74) is -0.610. The van der Waals surface area contributed by atoms with Crippen LogP contribution in [0, 0.1) is 0 Å². The second-order valence-electron chi connectivity index (χ2n) is 4.83. The van der Waals surface area contributed by atoms with Gasteiger partial charge in [0.15, 0.2) is 0 Å². The molecule has 1 saturated carbocycles. The molecule has 18 heavy (non-hydrogen) atoms. The summed E-state index contributed by atoms with van der Waals surface area (Å²) in [5, 5.41) is 5.51. The van der Waals surface area contributed by atoms with Gasteiger partial charge in [0.25, 0.3) is 0 Å². The van der Waals surface area contributed by atoms with Crippen molar-refractivity contribution in [1.82, 2.24) is 15.2 Å². The van der Waals surface area contributed by atoms with Crippen LogP contribution in [0.5, 0.6) is 0 Å². The molecule has 0 radical (unpaired) electrons. The first-order valence-corrected chi connectivity index (χ1v) is 7.07. The SMILES string of the molecule is O=C1CNC(=O)C2(CCCC2)N1Cc1nccs1. The molecule has 0 atom stereocenters. The Kier molecular flexibility index (Phi) is 2.81. The minimum atomic E-state index is -0.610. The highest BCUT2D eigenvalue weighted by atomic mass is 32.1. The summed E-state index contributed by atoms with van der Waals surface area (Å²) in [6.07, 6.45) is 5.30. The van der Waals surface area contributed by atoms with Crippen molar-refractivity contribution >= 4 is 23.2 Å². The number of nitrogens with one attached hydrogen (secondary N) is 1. The Bertz CT molecular complexity index is 466. The molecule has 1 spiro atoms. The lowest BCUT2D eigenvalue weighted by molar-refractivity contribution is -0.154. The van der Waals surface area contributed by atoms with Crippen molar-refractivity contribution in [1.29, 1.82) is 0 Å². The molecular formula is C12H15N3O2S. The summed E-state index contributed by atoms with van der Waals surface area (Å²) in [6, 6.07) is 0. The van der Waals surface area contributed by atoms with Gasteiger partial charge in [-0.1, -0.05) is 12.8 Å². The van der Waals surface area contributed by atoms with Crippen molar-refractivity contribution < 1.29 is 9.59 Å². The Morgan fingerprint density at radius 3 is 2.83 bits per heavy atom. The van der Waals surface area contributed by atoms with E-state index in [0.29, 0.717) is 6.54 Å². The van der Waals surface area contributed by atoms with Crippen molar-refractivity contribution in [3.8, 4) is 0 Å². The molecule has 2 amide bonds. The number of rotatable bonds is 2. The van der Waals surface area contributed by atoms with E-state index in [1.807, 2.05) is 5.38 Å². The van der Waals surface area contributed by atoms with Gasteiger partial charge in [0.2, 0.25) is 11.8 Å². The number of nitrogens with zero attached hydrogens (tertiary/aromatic N) is 2. The van der Waals surface area contributed by atoms with E-state index in [9.17, 15) is 9.59 Å². The van der Waals surface area contributed by atoms with Crippen LogP contribution in [0.25, 0.3) is 0 Å². The Morgan fingerprint density at radius 2 is 2.17 bits per heavy atom. The molecule has 1 aromatic rings. The average molecular weight is 265 g/mol. The van der Waals surface area contributed by atoms with Crippen LogP contribution in [0.3, 0.4) is 0 Å². The van der Waals surface area contributed by atoms with E-state index in [1.54, 1.807) is 11.1 Å². The van der Waals surface area contributed by atoms with Crippen LogP contribution in [-0.2, 0) is 16.1 Å². The van der Waals surface area contributed by atoms with Crippen LogP contribution in [-0.4, -0.2) is 33.8 Å². The molecule has 6 heteroatoms. The van der Waals surface area contributed by atoms with Gasteiger partial charge >= 0.3 is 0 Å². The standard InChI is InChI=1S/C12H15N3O2S/c16-10-7-14-11(17)12(3-1-2-4-12)15(10)8-9-13-5-6-18-9/h5-6H,1-4,7-8H2,(H,14,17). The lowest BCUT2D eigenvalue weighted by Crippen LogP contribution is -2.65. The molecule has 0 aromatic carbocycles. The fourth-order valence-corrected chi connectivity index (χ4v) is 3.54. The number of carbonyl (C=O) groups is 2. The largest absolute Gasteiger partial charge is 0.345 e. The predicted molar refractivity (Wildman–Crippen MR) is 66.9 cm³/mol. The summed E-state index contributed by atoms with van der Waals surface area (Å²) in [4.78, 5) is 30.3. The summed E-state index contributed by atoms with van der Waals surface area (Å²) in [7, 11) is 0. The molecule has 2 heterocycles. The van der Waals surface area contributed by atoms with E-state index in [2.05, 4.69) is 10.3 Å². The van der Waals surface area contributed by atoms with Crippen LogP contribution in [0.2, 0.25) is 0 Å². The van der Waals surface area contributed by atoms with E-state index >= 15 is 0 Å². The quantitative estimate of drug-likeness (QED) is 0.864. The van der Waals surface area contributed by atoms with E-state index < -0.39 is 5.54 Å². The van der Waals surface area contributed by atoms with Gasteiger partial charge in [-0.25, -0.2) is 4.98 Å². The van der Waals surface area contributed by atoms with Crippen molar-refractivity contribution in [2.24, 2.45) is 0 Å². The fourth-order valence-electron chi connectivity index (χ4n) is 2.94. The maximum atomic E-state index is 12.2. The molecule has 0 unspecified atom stereocenters. The Morgan fingerprint density at radius 1 is 1.39 bits per heavy atom. The summed E-state index contributed by atoms with van der Waals surface area (Å²) >= 11 is 1.53. The lowest BCUT2D eigenvalue weighted by atomic mass is 9.91. The first kappa shape index (κ1) is 11.6. The van der Waals surface area contributed by atoms with Crippen LogP contribution < -0.4 is 5.32 Å². The van der Waals surface area contributed by atoms with Gasteiger partial charge in [0.1, 0.15) is 10.5 Å². The number of hydrogen-bond donors (Lipinski definition) is 1. The molecule has 96 valence electrons. The molecule has 1 aromatic heterocycles. The maximum Gasteiger partial charge on any atom is 0.246 e. The highest BCUT2D eigenvalue weighted by molar-refractivity contribution is 7.09. The van der Waals surface area contributed by atoms with Gasteiger partial charge < -0.3 is 10.2 Å². The van der Waals surface area contributed by atoms with Gasteiger partial charge in [-0.05, 0) is 12.8 Å². The molecule has 2 fully saturated rings. The van der Waals surface area contributed by atoms with E-state index in [1.165, 1.54) is 11.3 Å². The second kappa shape index (κ2) is 4.35. The van der Waals surface area contributed by atoms with Gasteiger partial charge in [-0.2, -0.15) is 0 Å². The van der Waals surface area contributed by atoms with E-state index in [4.69, 9.17) is 0 Å². The third kappa shape index (κ3) is 1.71. The van der Waals surface area contributed by atoms with Gasteiger partial charge in [0.05, 0.1) is 13.1 Å². The van der Waals surface area contributed by atoms with Crippen molar-refractivity contribution in [2.75, 3.05) is 6.54 Å². The molecule has 2 aliphatic rings. The minimum absolute atomic E-state index is 0.00620. The normalized spacial score (nSPS) is 22.6. The maximum absolute atomic E-state index is 12.2. The summed E-state index contributed by atoms with van der Waals surface area (Å²) in [5.74, 6) is 0.0165. The third-order valence-corrected chi connectivity index (χ3v) is 4.61. The molecular weight excluding hydrogens is 250 g/mol. The summed E-state index contributed by atoms with van der Waals surface area (Å²) < 4.78 is 0. The molecule has 0 bridgehead atoms. The van der Waals surface area contributed by atoms with E-state index in [-0.39, 0.29) is 18.4 Å². The van der Waals surface area contributed by atoms with Crippen LogP contribution in [0.1, 0.15) is 30.7 Å². The zero-order valence-corrected chi connectivity index (χ0v) is 10.8. The van der Waals surface area contributed by atoms with Crippen molar-refractivity contribution in [3.63, 3.8) is 0 Å². The molecule has 5 nitrogen and oxygen atoms in total. The number of aromatic nitrogens is 1. The zero-order chi connectivity index (χ0) is 12.6. The first-order valence-electron chi connectivity index (χ1n) is 6.19. The molecule has 1 aliphatic carbocycles. The second-order valence-corrected chi connectivity index (χ2v) is 5.81. The number of amides is 2. The monoisotopic (exact) mass is 265 g/mol. The molecule has 1 N–H and O–H groups in total. The zero-order valence-electron chi connectivity index (χ0n) is 10.0. The first-order chi connectivity index (χ1) is 8.72. The fraction of sp³-hybridized carbons (Fsp3) is 0.583. The van der Waals surface area contributed by atoms with Crippen molar-refractivity contribution in [2.45, 2.75) is 37.8 Å². The average Bonchev–Trinajstić information content (AvgIpc) is 3.02. The number of piperazine rings is 1. The molecule has 3 rings (SSSR count). The Labute approximate surface area is 109 Å². The number of carbonyl (C=O) groups excluding carboxylic acids is 2. The molecule has 1 aliphatic heterocycles. The smallest absolute Gasteiger partial charge is 0.246 e. The van der Waals surface area contributed by atoms with Crippen LogP contribution >= 0.6 is 11.3 Å². The lowest BCUT2D eigenvalue weighted by Gasteiger charge is -2.43. The van der Waals surface area contributed by atoms with Crippen LogP contribution in [0.4, 0.5) is 0 Å². The topological polar surface area (TPSA) is 62.3 Å². The number of hydrogen-bond acceptors (Lipinski definition) is 4. The summed E-state index contributed by atoms with van der Waals surface area (Å²) in [6.45, 7) is 0.579. The highest BCUT2D eigenvalue weighted by Gasteiger charge is 2.50. The van der Waals surface area contributed by atoms with Crippen LogP contribution in [0.15, 0.2) is 11.6 Å². The third-order valence-electron chi connectivity index (χ3n) is 3.85. The highest BCUT2D eigenvalue weighted by Crippen LogP contribution is 2.38. The van der Waals surface area contributed by atoms with E-state index in [0.717, 1.165) is 30.7 Å². The van der Waals surface area contributed by atoms with Gasteiger partial charge in [0, 0.05) is 11.6 Å². The predicted octanol–water partition coefficient (Wildman–Crippen LogP) is 0.914.